The zero-order chi connectivity index (χ0) is 15.5. The number of nitrogens with one attached hydrogen (secondary N) is 1. The standard InChI is InChI=1S/C16H20Cl2N2O2/c17-13-4-1-11(9-14(13)18)15-10-20(7-8-22-15)6-5-16(21)19-12-2-3-12/h1,4,9,12,15H,2-3,5-8,10H2,(H,19,21). The molecule has 1 heterocycles. The van der Waals surface area contributed by atoms with Gasteiger partial charge < -0.3 is 10.1 Å². The van der Waals surface area contributed by atoms with Crippen LogP contribution in [-0.4, -0.2) is 43.1 Å². The number of hydrogen-bond acceptors (Lipinski definition) is 3. The first-order valence-corrected chi connectivity index (χ1v) is 8.45. The van der Waals surface area contributed by atoms with Crippen LogP contribution < -0.4 is 5.32 Å². The molecule has 1 aromatic rings. The third-order valence-electron chi connectivity index (χ3n) is 4.06. The summed E-state index contributed by atoms with van der Waals surface area (Å²) in [6.45, 7) is 3.05. The van der Waals surface area contributed by atoms with Crippen LogP contribution >= 0.6 is 23.2 Å². The monoisotopic (exact) mass is 342 g/mol. The molecule has 1 saturated carbocycles. The molecule has 1 unspecified atom stereocenters. The lowest BCUT2D eigenvalue weighted by Gasteiger charge is -2.33. The van der Waals surface area contributed by atoms with Crippen LogP contribution in [0.5, 0.6) is 0 Å². The molecule has 1 saturated heterocycles. The average Bonchev–Trinajstić information content (AvgIpc) is 3.32. The van der Waals surface area contributed by atoms with Crippen molar-refractivity contribution in [2.45, 2.75) is 31.4 Å². The highest BCUT2D eigenvalue weighted by Crippen LogP contribution is 2.29. The van der Waals surface area contributed by atoms with E-state index in [0.717, 1.165) is 38.0 Å². The van der Waals surface area contributed by atoms with Crippen molar-refractivity contribution in [2.75, 3.05) is 26.2 Å². The van der Waals surface area contributed by atoms with Crippen LogP contribution in [0.25, 0.3) is 0 Å². The summed E-state index contributed by atoms with van der Waals surface area (Å²) in [5.74, 6) is 0.153. The third-order valence-corrected chi connectivity index (χ3v) is 4.80. The Bertz CT molecular complexity index is 549. The van der Waals surface area contributed by atoms with Gasteiger partial charge in [0.15, 0.2) is 0 Å². The summed E-state index contributed by atoms with van der Waals surface area (Å²) in [6.07, 6.45) is 2.78. The SMILES string of the molecule is O=C(CCN1CCOC(c2ccc(Cl)c(Cl)c2)C1)NC1CC1. The van der Waals surface area contributed by atoms with E-state index in [1.165, 1.54) is 0 Å². The summed E-state index contributed by atoms with van der Waals surface area (Å²) >= 11 is 12.0. The summed E-state index contributed by atoms with van der Waals surface area (Å²) in [5, 5.41) is 4.12. The number of morpholine rings is 1. The summed E-state index contributed by atoms with van der Waals surface area (Å²) in [5.41, 5.74) is 1.03. The largest absolute Gasteiger partial charge is 0.371 e. The van der Waals surface area contributed by atoms with Gasteiger partial charge in [0.05, 0.1) is 22.8 Å². The number of hydrogen-bond donors (Lipinski definition) is 1. The number of ether oxygens (including phenoxy) is 1. The molecule has 2 aliphatic rings. The molecule has 1 N–H and O–H groups in total. The van der Waals surface area contributed by atoms with E-state index in [-0.39, 0.29) is 12.0 Å². The molecule has 0 aromatic heterocycles. The van der Waals surface area contributed by atoms with E-state index in [4.69, 9.17) is 27.9 Å². The topological polar surface area (TPSA) is 41.6 Å². The van der Waals surface area contributed by atoms with Gasteiger partial charge in [-0.25, -0.2) is 0 Å². The van der Waals surface area contributed by atoms with Crippen LogP contribution in [0, 0.1) is 0 Å². The maximum Gasteiger partial charge on any atom is 0.221 e. The molecule has 22 heavy (non-hydrogen) atoms. The first-order chi connectivity index (χ1) is 10.6. The van der Waals surface area contributed by atoms with Gasteiger partial charge in [-0.3, -0.25) is 9.69 Å². The van der Waals surface area contributed by atoms with Gasteiger partial charge in [0.2, 0.25) is 5.91 Å². The van der Waals surface area contributed by atoms with Gasteiger partial charge in [0, 0.05) is 32.1 Å². The summed E-state index contributed by atoms with van der Waals surface area (Å²) < 4.78 is 5.83. The number of amides is 1. The number of rotatable bonds is 5. The molecule has 0 spiro atoms. The number of benzene rings is 1. The van der Waals surface area contributed by atoms with E-state index >= 15 is 0 Å². The zero-order valence-corrected chi connectivity index (χ0v) is 13.9. The number of halogens is 2. The van der Waals surface area contributed by atoms with Crippen molar-refractivity contribution >= 4 is 29.1 Å². The molecular formula is C16H20Cl2N2O2. The number of carbonyl (C=O) groups is 1. The van der Waals surface area contributed by atoms with Crippen LogP contribution in [0.15, 0.2) is 18.2 Å². The Morgan fingerprint density at radius 1 is 1.32 bits per heavy atom. The minimum atomic E-state index is -0.0185. The minimum absolute atomic E-state index is 0.0185. The Balaban J connectivity index is 1.51. The quantitative estimate of drug-likeness (QED) is 0.894. The lowest BCUT2D eigenvalue weighted by molar-refractivity contribution is -0.122. The predicted octanol–water partition coefficient (Wildman–Crippen LogP) is 3.04. The molecule has 0 bridgehead atoms. The fourth-order valence-corrected chi connectivity index (χ4v) is 2.91. The maximum atomic E-state index is 11.8. The van der Waals surface area contributed by atoms with Gasteiger partial charge in [0.1, 0.15) is 0 Å². The molecule has 1 aromatic carbocycles. The van der Waals surface area contributed by atoms with Gasteiger partial charge in [-0.05, 0) is 30.5 Å². The number of carbonyl (C=O) groups excluding carboxylic acids is 1. The van der Waals surface area contributed by atoms with Crippen LogP contribution in [0.2, 0.25) is 10.0 Å². The molecule has 6 heteroatoms. The second-order valence-electron chi connectivity index (χ2n) is 5.93. The molecule has 120 valence electrons. The van der Waals surface area contributed by atoms with Gasteiger partial charge in [-0.2, -0.15) is 0 Å². The van der Waals surface area contributed by atoms with Crippen molar-refractivity contribution < 1.29 is 9.53 Å². The molecule has 1 aliphatic heterocycles. The van der Waals surface area contributed by atoms with Crippen molar-refractivity contribution in [3.8, 4) is 0 Å². The summed E-state index contributed by atoms with van der Waals surface area (Å²) in [6, 6.07) is 6.03. The van der Waals surface area contributed by atoms with Crippen molar-refractivity contribution in [3.63, 3.8) is 0 Å². The van der Waals surface area contributed by atoms with Crippen LogP contribution in [0.1, 0.15) is 30.9 Å². The zero-order valence-electron chi connectivity index (χ0n) is 12.4. The van der Waals surface area contributed by atoms with Crippen LogP contribution in [0.3, 0.4) is 0 Å². The second-order valence-corrected chi connectivity index (χ2v) is 6.74. The van der Waals surface area contributed by atoms with E-state index in [2.05, 4.69) is 10.2 Å². The van der Waals surface area contributed by atoms with E-state index in [1.54, 1.807) is 6.07 Å². The highest BCUT2D eigenvalue weighted by atomic mass is 35.5. The smallest absolute Gasteiger partial charge is 0.221 e. The first-order valence-electron chi connectivity index (χ1n) is 7.70. The van der Waals surface area contributed by atoms with Gasteiger partial charge >= 0.3 is 0 Å². The van der Waals surface area contributed by atoms with Crippen LogP contribution in [0.4, 0.5) is 0 Å². The lowest BCUT2D eigenvalue weighted by Crippen LogP contribution is -2.40. The van der Waals surface area contributed by atoms with Crippen molar-refractivity contribution in [1.29, 1.82) is 0 Å². The Labute approximate surface area is 140 Å². The Kier molecular flexibility index (Phi) is 5.24. The van der Waals surface area contributed by atoms with Crippen molar-refractivity contribution in [2.24, 2.45) is 0 Å². The van der Waals surface area contributed by atoms with E-state index in [1.807, 2.05) is 12.1 Å². The van der Waals surface area contributed by atoms with E-state index in [9.17, 15) is 4.79 Å². The first kappa shape index (κ1) is 16.1. The Hall–Kier alpha value is -0.810. The third kappa shape index (κ3) is 4.35. The number of nitrogens with zero attached hydrogens (tertiary/aromatic N) is 1. The Morgan fingerprint density at radius 3 is 2.86 bits per heavy atom. The highest BCUT2D eigenvalue weighted by Gasteiger charge is 2.25. The van der Waals surface area contributed by atoms with Gasteiger partial charge in [-0.15, -0.1) is 0 Å². The van der Waals surface area contributed by atoms with Gasteiger partial charge in [-0.1, -0.05) is 29.3 Å². The molecule has 4 nitrogen and oxygen atoms in total. The molecule has 1 atom stereocenters. The van der Waals surface area contributed by atoms with Crippen LogP contribution in [-0.2, 0) is 9.53 Å². The molecule has 2 fully saturated rings. The Morgan fingerprint density at radius 2 is 2.14 bits per heavy atom. The fourth-order valence-electron chi connectivity index (χ4n) is 2.61. The fraction of sp³-hybridized carbons (Fsp3) is 0.562. The lowest BCUT2D eigenvalue weighted by atomic mass is 10.1. The van der Waals surface area contributed by atoms with Crippen molar-refractivity contribution in [3.05, 3.63) is 33.8 Å². The molecular weight excluding hydrogens is 323 g/mol. The van der Waals surface area contributed by atoms with E-state index < -0.39 is 0 Å². The summed E-state index contributed by atoms with van der Waals surface area (Å²) in [7, 11) is 0. The predicted molar refractivity (Wildman–Crippen MR) is 87.4 cm³/mol. The highest BCUT2D eigenvalue weighted by molar-refractivity contribution is 6.42. The second kappa shape index (κ2) is 7.18. The molecule has 1 amide bonds. The molecule has 3 rings (SSSR count). The molecule has 0 radical (unpaired) electrons. The van der Waals surface area contributed by atoms with Crippen molar-refractivity contribution in [1.82, 2.24) is 10.2 Å². The minimum Gasteiger partial charge on any atom is -0.371 e. The van der Waals surface area contributed by atoms with Gasteiger partial charge in [0.25, 0.3) is 0 Å². The van der Waals surface area contributed by atoms with E-state index in [0.29, 0.717) is 29.1 Å². The summed E-state index contributed by atoms with van der Waals surface area (Å²) in [4.78, 5) is 14.0. The molecule has 1 aliphatic carbocycles. The average molecular weight is 343 g/mol. The maximum absolute atomic E-state index is 11.8. The normalized spacial score (nSPS) is 22.5.